The number of nitrogens with zero attached hydrogens (tertiary/aromatic N) is 5. The first-order chi connectivity index (χ1) is 10.3. The van der Waals surface area contributed by atoms with E-state index in [9.17, 15) is 22.8 Å². The van der Waals surface area contributed by atoms with Crippen LogP contribution in [0, 0.1) is 5.92 Å². The van der Waals surface area contributed by atoms with Crippen molar-refractivity contribution in [3.63, 3.8) is 0 Å². The van der Waals surface area contributed by atoms with E-state index in [1.54, 1.807) is 7.05 Å². The van der Waals surface area contributed by atoms with Crippen molar-refractivity contribution < 1.29 is 22.8 Å². The van der Waals surface area contributed by atoms with Crippen molar-refractivity contribution in [3.8, 4) is 0 Å². The van der Waals surface area contributed by atoms with Gasteiger partial charge >= 0.3 is 12.1 Å². The molecule has 0 bridgehead atoms. The molecule has 2 rings (SSSR count). The average molecular weight is 320 g/mol. The van der Waals surface area contributed by atoms with Gasteiger partial charge in [0.25, 0.3) is 0 Å². The number of nitrogens with one attached hydrogen (secondary N) is 1. The van der Waals surface area contributed by atoms with E-state index in [0.29, 0.717) is 5.82 Å². The summed E-state index contributed by atoms with van der Waals surface area (Å²) >= 11 is 0. The molecule has 1 aliphatic heterocycles. The molecule has 0 aliphatic carbocycles. The summed E-state index contributed by atoms with van der Waals surface area (Å²) in [4.78, 5) is 23.8. The molecular formula is C11H15F3N6O2. The maximum absolute atomic E-state index is 12.3. The van der Waals surface area contributed by atoms with Crippen molar-refractivity contribution in [3.05, 3.63) is 5.82 Å². The van der Waals surface area contributed by atoms with Gasteiger partial charge in [0.15, 0.2) is 5.82 Å². The smallest absolute Gasteiger partial charge is 0.348 e. The second kappa shape index (κ2) is 6.28. The summed E-state index contributed by atoms with van der Waals surface area (Å²) in [7, 11) is 1.63. The Kier molecular flexibility index (Phi) is 4.62. The average Bonchev–Trinajstić information content (AvgIpc) is 2.88. The molecule has 0 saturated carbocycles. The molecule has 1 aliphatic rings. The van der Waals surface area contributed by atoms with Crippen LogP contribution >= 0.6 is 0 Å². The van der Waals surface area contributed by atoms with Crippen LogP contribution in [0.5, 0.6) is 0 Å². The van der Waals surface area contributed by atoms with E-state index in [2.05, 4.69) is 20.8 Å². The van der Waals surface area contributed by atoms with Gasteiger partial charge in [0.05, 0.1) is 6.54 Å². The molecule has 11 heteroatoms. The summed E-state index contributed by atoms with van der Waals surface area (Å²) in [5, 5.41) is 13.4. The molecule has 0 atom stereocenters. The monoisotopic (exact) mass is 320 g/mol. The number of aromatic nitrogens is 4. The predicted octanol–water partition coefficient (Wildman–Crippen LogP) is -0.373. The minimum Gasteiger partial charge on any atom is -0.348 e. The number of alkyl halides is 3. The second-order valence-electron chi connectivity index (χ2n) is 5.00. The Labute approximate surface area is 123 Å². The van der Waals surface area contributed by atoms with Crippen LogP contribution in [-0.4, -0.2) is 56.2 Å². The van der Waals surface area contributed by atoms with Gasteiger partial charge in [0.2, 0.25) is 5.91 Å². The Bertz CT molecular complexity index is 550. The van der Waals surface area contributed by atoms with Crippen LogP contribution in [0.4, 0.5) is 13.2 Å². The molecule has 2 amide bonds. The van der Waals surface area contributed by atoms with Gasteiger partial charge in [-0.2, -0.15) is 13.2 Å². The highest BCUT2D eigenvalue weighted by atomic mass is 19.4. The Hall–Kier alpha value is -2.20. The number of carbonyl (C=O) groups excluding carboxylic acids is 2. The highest BCUT2D eigenvalue weighted by Gasteiger charge is 2.43. The first-order valence-corrected chi connectivity index (χ1v) is 6.64. The zero-order valence-corrected chi connectivity index (χ0v) is 11.8. The topological polar surface area (TPSA) is 93.0 Å². The summed E-state index contributed by atoms with van der Waals surface area (Å²) < 4.78 is 38.3. The third kappa shape index (κ3) is 3.71. The summed E-state index contributed by atoms with van der Waals surface area (Å²) in [6.45, 7) is -0.0199. The third-order valence-corrected chi connectivity index (χ3v) is 3.52. The number of amides is 2. The number of carbonyl (C=O) groups is 2. The molecule has 0 unspecified atom stereocenters. The Morgan fingerprint density at radius 2 is 1.95 bits per heavy atom. The van der Waals surface area contributed by atoms with E-state index in [1.165, 1.54) is 4.68 Å². The highest BCUT2D eigenvalue weighted by molar-refractivity contribution is 5.83. The van der Waals surface area contributed by atoms with Gasteiger partial charge in [-0.3, -0.25) is 9.59 Å². The van der Waals surface area contributed by atoms with E-state index in [0.717, 1.165) is 4.90 Å². The zero-order chi connectivity index (χ0) is 16.3. The maximum atomic E-state index is 12.3. The van der Waals surface area contributed by atoms with Crippen molar-refractivity contribution in [2.45, 2.75) is 25.6 Å². The van der Waals surface area contributed by atoms with Crippen molar-refractivity contribution in [1.82, 2.24) is 30.4 Å². The number of likely N-dealkylation sites (tertiary alicyclic amines) is 1. The molecule has 1 N–H and O–H groups in total. The van der Waals surface area contributed by atoms with Gasteiger partial charge in [-0.1, -0.05) is 0 Å². The molecule has 8 nitrogen and oxygen atoms in total. The molecule has 0 spiro atoms. The van der Waals surface area contributed by atoms with Gasteiger partial charge in [0, 0.05) is 26.1 Å². The molecule has 22 heavy (non-hydrogen) atoms. The lowest BCUT2D eigenvalue weighted by molar-refractivity contribution is -0.186. The van der Waals surface area contributed by atoms with Crippen LogP contribution in [-0.2, 0) is 23.2 Å². The number of hydrogen-bond acceptors (Lipinski definition) is 5. The number of aryl methyl sites for hydroxylation is 1. The normalized spacial score (nSPS) is 16.6. The molecule has 1 saturated heterocycles. The fourth-order valence-electron chi connectivity index (χ4n) is 2.23. The van der Waals surface area contributed by atoms with Gasteiger partial charge in [-0.15, -0.1) is 5.10 Å². The van der Waals surface area contributed by atoms with Crippen molar-refractivity contribution >= 4 is 11.8 Å². The van der Waals surface area contributed by atoms with Crippen LogP contribution in [0.15, 0.2) is 0 Å². The van der Waals surface area contributed by atoms with Crippen LogP contribution in [0.3, 0.4) is 0 Å². The molecule has 0 aromatic carbocycles. The zero-order valence-electron chi connectivity index (χ0n) is 11.8. The van der Waals surface area contributed by atoms with E-state index >= 15 is 0 Å². The van der Waals surface area contributed by atoms with E-state index in [4.69, 9.17) is 0 Å². The summed E-state index contributed by atoms with van der Waals surface area (Å²) in [5.74, 6) is -2.07. The number of piperidine rings is 1. The number of tetrazole rings is 1. The van der Waals surface area contributed by atoms with Gasteiger partial charge in [-0.05, 0) is 23.3 Å². The molecule has 122 valence electrons. The molecule has 0 radical (unpaired) electrons. The lowest BCUT2D eigenvalue weighted by Crippen LogP contribution is -2.47. The Balaban J connectivity index is 1.80. The lowest BCUT2D eigenvalue weighted by Gasteiger charge is -2.31. The SMILES string of the molecule is Cn1nnnc1CNC(=O)C1CCN(C(=O)C(F)(F)F)CC1. The first-order valence-electron chi connectivity index (χ1n) is 6.64. The van der Waals surface area contributed by atoms with Crippen molar-refractivity contribution in [2.24, 2.45) is 13.0 Å². The van der Waals surface area contributed by atoms with Crippen LogP contribution in [0.2, 0.25) is 0 Å². The van der Waals surface area contributed by atoms with Gasteiger partial charge < -0.3 is 10.2 Å². The highest BCUT2D eigenvalue weighted by Crippen LogP contribution is 2.23. The molecule has 1 aromatic rings. The van der Waals surface area contributed by atoms with Crippen molar-refractivity contribution in [2.75, 3.05) is 13.1 Å². The Morgan fingerprint density at radius 1 is 1.32 bits per heavy atom. The minimum atomic E-state index is -4.87. The number of rotatable bonds is 3. The van der Waals surface area contributed by atoms with Gasteiger partial charge in [-0.25, -0.2) is 4.68 Å². The van der Waals surface area contributed by atoms with Crippen LogP contribution in [0.1, 0.15) is 18.7 Å². The van der Waals surface area contributed by atoms with Gasteiger partial charge in [0.1, 0.15) is 0 Å². The summed E-state index contributed by atoms with van der Waals surface area (Å²) in [6.07, 6.45) is -4.47. The van der Waals surface area contributed by atoms with E-state index in [-0.39, 0.29) is 38.4 Å². The standard InChI is InChI=1S/C11H15F3N6O2/c1-19-8(16-17-18-19)6-15-9(21)7-2-4-20(5-3-7)10(22)11(12,13)14/h7H,2-6H2,1H3,(H,15,21). The summed E-state index contributed by atoms with van der Waals surface area (Å²) in [5.41, 5.74) is 0. The Morgan fingerprint density at radius 3 is 2.45 bits per heavy atom. The van der Waals surface area contributed by atoms with Crippen LogP contribution in [0.25, 0.3) is 0 Å². The number of hydrogen-bond donors (Lipinski definition) is 1. The first kappa shape index (κ1) is 16.2. The molecule has 1 fully saturated rings. The largest absolute Gasteiger partial charge is 0.471 e. The number of halogens is 3. The third-order valence-electron chi connectivity index (χ3n) is 3.52. The van der Waals surface area contributed by atoms with E-state index in [1.807, 2.05) is 0 Å². The summed E-state index contributed by atoms with van der Waals surface area (Å²) in [6, 6.07) is 0. The maximum Gasteiger partial charge on any atom is 0.471 e. The molecular weight excluding hydrogens is 305 g/mol. The fourth-order valence-corrected chi connectivity index (χ4v) is 2.23. The lowest BCUT2D eigenvalue weighted by atomic mass is 9.96. The molecule has 2 heterocycles. The predicted molar refractivity (Wildman–Crippen MR) is 66.0 cm³/mol. The minimum absolute atomic E-state index is 0.0814. The van der Waals surface area contributed by atoms with E-state index < -0.39 is 18.0 Å². The quantitative estimate of drug-likeness (QED) is 0.820. The fraction of sp³-hybridized carbons (Fsp3) is 0.727. The van der Waals surface area contributed by atoms with Crippen LogP contribution < -0.4 is 5.32 Å². The van der Waals surface area contributed by atoms with Crippen molar-refractivity contribution in [1.29, 1.82) is 0 Å². The second-order valence-corrected chi connectivity index (χ2v) is 5.00. The molecule has 1 aromatic heterocycles.